The van der Waals surface area contributed by atoms with E-state index in [0.29, 0.717) is 0 Å². The van der Waals surface area contributed by atoms with Gasteiger partial charge in [-0.1, -0.05) is 0 Å². The van der Waals surface area contributed by atoms with Crippen molar-refractivity contribution in [2.45, 2.75) is 0 Å². The minimum atomic E-state index is -1.42. The van der Waals surface area contributed by atoms with Crippen molar-refractivity contribution in [2.75, 3.05) is 65.7 Å². The van der Waals surface area contributed by atoms with Crippen molar-refractivity contribution in [3.05, 3.63) is 0 Å². The topological polar surface area (TPSA) is 185 Å². The van der Waals surface area contributed by atoms with Gasteiger partial charge in [0.1, 0.15) is 0 Å². The van der Waals surface area contributed by atoms with E-state index in [1.54, 1.807) is 0 Å². The molecule has 0 amide bonds. The minimum absolute atomic E-state index is 0. The van der Waals surface area contributed by atoms with E-state index in [9.17, 15) is 39.6 Å². The standard InChI is InChI=1S/C14H24N2O10.4K/c17-11(18)7-15(8-12(19)20)1-3-25-5-6-26-4-2-16(9-13(21)22)10-14(23)24;;;;/h1-10H2,(H,17,18)(H,19,20)(H,21,22)(H,23,24);;;;/q;4*+1/p-4. The van der Waals surface area contributed by atoms with Crippen LogP contribution in [0.3, 0.4) is 0 Å². The maximum atomic E-state index is 10.5. The van der Waals surface area contributed by atoms with Crippen molar-refractivity contribution in [2.24, 2.45) is 0 Å². The van der Waals surface area contributed by atoms with Crippen LogP contribution in [0, 0.1) is 0 Å². The molecule has 0 N–H and O–H groups in total. The molecule has 150 valence electrons. The molecule has 0 atom stereocenters. The first-order chi connectivity index (χ1) is 12.2. The van der Waals surface area contributed by atoms with Crippen LogP contribution >= 0.6 is 0 Å². The van der Waals surface area contributed by atoms with Gasteiger partial charge in [0.25, 0.3) is 0 Å². The van der Waals surface area contributed by atoms with Gasteiger partial charge in [0.15, 0.2) is 0 Å². The molecule has 16 heteroatoms. The molecule has 30 heavy (non-hydrogen) atoms. The van der Waals surface area contributed by atoms with E-state index in [2.05, 4.69) is 0 Å². The molecule has 0 aromatic rings. The summed E-state index contributed by atoms with van der Waals surface area (Å²) in [5.74, 6) is -5.70. The number of rotatable bonds is 17. The molecule has 0 aromatic carbocycles. The van der Waals surface area contributed by atoms with Crippen LogP contribution in [-0.4, -0.2) is 99.4 Å². The first-order valence-electron chi connectivity index (χ1n) is 7.60. The number of carbonyl (C=O) groups is 4. The molecular formula is C14H20K4N2O10. The fourth-order valence-corrected chi connectivity index (χ4v) is 1.87. The molecule has 0 bridgehead atoms. The maximum Gasteiger partial charge on any atom is 1.00 e. The first kappa shape index (κ1) is 44.3. The Balaban J connectivity index is -0.000000521. The molecule has 0 aliphatic heterocycles. The largest absolute Gasteiger partial charge is 1.00 e. The third-order valence-electron chi connectivity index (χ3n) is 2.89. The molecule has 0 fully saturated rings. The molecule has 0 aliphatic carbocycles. The molecule has 0 heterocycles. The fourth-order valence-electron chi connectivity index (χ4n) is 1.87. The van der Waals surface area contributed by atoms with Gasteiger partial charge in [-0.25, -0.2) is 0 Å². The summed E-state index contributed by atoms with van der Waals surface area (Å²) in [6.07, 6.45) is 0. The second kappa shape index (κ2) is 29.5. The zero-order chi connectivity index (χ0) is 19.9. The molecule has 12 nitrogen and oxygen atoms in total. The maximum absolute atomic E-state index is 10.5. The summed E-state index contributed by atoms with van der Waals surface area (Å²) in [6.45, 7) is -1.88. The van der Waals surface area contributed by atoms with E-state index >= 15 is 0 Å². The third-order valence-corrected chi connectivity index (χ3v) is 2.89. The summed E-state index contributed by atoms with van der Waals surface area (Å²) >= 11 is 0. The predicted molar refractivity (Wildman–Crippen MR) is 74.5 cm³/mol. The Bertz CT molecular complexity index is 414. The fraction of sp³-hybridized carbons (Fsp3) is 0.714. The number of aliphatic carboxylic acids is 4. The van der Waals surface area contributed by atoms with Crippen molar-refractivity contribution in [1.29, 1.82) is 0 Å². The van der Waals surface area contributed by atoms with Crippen LogP contribution in [-0.2, 0) is 28.7 Å². The number of carboxylic acids is 4. The third kappa shape index (κ3) is 32.3. The van der Waals surface area contributed by atoms with Crippen LogP contribution in [0.15, 0.2) is 0 Å². The summed E-state index contributed by atoms with van der Waals surface area (Å²) in [6, 6.07) is 0. The van der Waals surface area contributed by atoms with Gasteiger partial charge in [0.2, 0.25) is 0 Å². The van der Waals surface area contributed by atoms with Gasteiger partial charge in [-0.15, -0.1) is 0 Å². The van der Waals surface area contributed by atoms with Crippen LogP contribution < -0.4 is 226 Å². The Kier molecular flexibility index (Phi) is 43.5. The number of hydrogen-bond donors (Lipinski definition) is 0. The Morgan fingerprint density at radius 1 is 0.500 bits per heavy atom. The normalized spacial score (nSPS) is 9.53. The molecule has 0 aliphatic rings. The number of carboxylic acid groups (broad SMARTS) is 4. The van der Waals surface area contributed by atoms with Crippen LogP contribution in [0.1, 0.15) is 0 Å². The molecule has 0 aromatic heterocycles. The number of carbonyl (C=O) groups excluding carboxylic acids is 4. The SMILES string of the molecule is O=C([O-])CN(CCOCCOCCN(CC(=O)[O-])CC(=O)[O-])CC(=O)[O-].[K+].[K+].[K+].[K+]. The first-order valence-corrected chi connectivity index (χ1v) is 7.60. The van der Waals surface area contributed by atoms with Gasteiger partial charge in [-0.3, -0.25) is 9.80 Å². The average molecular weight is 533 g/mol. The average Bonchev–Trinajstić information content (AvgIpc) is 2.47. The van der Waals surface area contributed by atoms with E-state index in [0.717, 1.165) is 9.80 Å². The number of hydrogen-bond acceptors (Lipinski definition) is 12. The van der Waals surface area contributed by atoms with Crippen molar-refractivity contribution in [1.82, 2.24) is 9.80 Å². The van der Waals surface area contributed by atoms with Crippen molar-refractivity contribution in [3.63, 3.8) is 0 Å². The van der Waals surface area contributed by atoms with Gasteiger partial charge >= 0.3 is 206 Å². The van der Waals surface area contributed by atoms with Crippen LogP contribution in [0.5, 0.6) is 0 Å². The number of ether oxygens (including phenoxy) is 2. The quantitative estimate of drug-likeness (QED) is 0.127. The summed E-state index contributed by atoms with van der Waals surface area (Å²) in [7, 11) is 0. The Morgan fingerprint density at radius 2 is 0.733 bits per heavy atom. The Hall–Kier alpha value is 4.27. The summed E-state index contributed by atoms with van der Waals surface area (Å²) in [5.41, 5.74) is 0. The zero-order valence-electron chi connectivity index (χ0n) is 18.0. The zero-order valence-corrected chi connectivity index (χ0v) is 30.5. The molecule has 0 radical (unpaired) electrons. The van der Waals surface area contributed by atoms with Crippen molar-refractivity contribution < 1.29 is 255 Å². The van der Waals surface area contributed by atoms with Crippen molar-refractivity contribution in [3.8, 4) is 0 Å². The molecule has 0 saturated heterocycles. The predicted octanol–water partition coefficient (Wildman–Crippen LogP) is -19.4. The Labute approximate surface area is 345 Å². The molecule has 0 spiro atoms. The van der Waals surface area contributed by atoms with E-state index in [4.69, 9.17) is 9.47 Å². The Morgan fingerprint density at radius 3 is 0.933 bits per heavy atom. The minimum Gasteiger partial charge on any atom is -0.549 e. The summed E-state index contributed by atoms with van der Waals surface area (Å²) < 4.78 is 10.3. The van der Waals surface area contributed by atoms with Crippen LogP contribution in [0.25, 0.3) is 0 Å². The van der Waals surface area contributed by atoms with Gasteiger partial charge in [0.05, 0.1) is 50.3 Å². The van der Waals surface area contributed by atoms with E-state index in [1.807, 2.05) is 0 Å². The van der Waals surface area contributed by atoms with Gasteiger partial charge in [-0.05, 0) is 0 Å². The summed E-state index contributed by atoms with van der Waals surface area (Å²) in [4.78, 5) is 44.0. The van der Waals surface area contributed by atoms with E-state index in [1.165, 1.54) is 0 Å². The monoisotopic (exact) mass is 532 g/mol. The molecule has 0 saturated carbocycles. The van der Waals surface area contributed by atoms with E-state index < -0.39 is 50.1 Å². The molecular weight excluding hydrogens is 513 g/mol. The van der Waals surface area contributed by atoms with Gasteiger partial charge in [0, 0.05) is 39.3 Å². The van der Waals surface area contributed by atoms with Gasteiger partial charge in [-0.2, -0.15) is 0 Å². The van der Waals surface area contributed by atoms with E-state index in [-0.39, 0.29) is 245 Å². The van der Waals surface area contributed by atoms with Gasteiger partial charge < -0.3 is 49.1 Å². The second-order valence-electron chi connectivity index (χ2n) is 5.13. The van der Waals surface area contributed by atoms with Crippen LogP contribution in [0.4, 0.5) is 0 Å². The molecule has 0 unspecified atom stereocenters. The molecule has 0 rings (SSSR count). The smallest absolute Gasteiger partial charge is 0.549 e. The number of nitrogens with zero attached hydrogens (tertiary/aromatic N) is 2. The second-order valence-corrected chi connectivity index (χ2v) is 5.13. The summed E-state index contributed by atoms with van der Waals surface area (Å²) in [5, 5.41) is 41.9. The van der Waals surface area contributed by atoms with Crippen molar-refractivity contribution >= 4 is 23.9 Å². The van der Waals surface area contributed by atoms with Crippen LogP contribution in [0.2, 0.25) is 0 Å².